The van der Waals surface area contributed by atoms with Crippen molar-refractivity contribution in [1.29, 1.82) is 0 Å². The van der Waals surface area contributed by atoms with Gasteiger partial charge >= 0.3 is 0 Å². The van der Waals surface area contributed by atoms with Gasteiger partial charge in [0.2, 0.25) is 0 Å². The van der Waals surface area contributed by atoms with E-state index < -0.39 is 0 Å². The number of hydrogen-bond acceptors (Lipinski definition) is 0. The SMILES string of the molecule is CC1(c2ccccc2)C23C4CCC2C413. The summed E-state index contributed by atoms with van der Waals surface area (Å²) >= 11 is 0. The summed E-state index contributed by atoms with van der Waals surface area (Å²) in [5.74, 6) is 2.32. The average Bonchev–Trinajstić information content (AvgIpc) is 3.10. The third kappa shape index (κ3) is 0.293. The molecule has 5 fully saturated rings. The highest BCUT2D eigenvalue weighted by atomic mass is 15.2. The zero-order valence-corrected chi connectivity index (χ0v) is 8.46. The van der Waals surface area contributed by atoms with Crippen molar-refractivity contribution in [3.63, 3.8) is 0 Å². The molecule has 0 nitrogen and oxygen atoms in total. The molecule has 5 aliphatic carbocycles. The van der Waals surface area contributed by atoms with Crippen LogP contribution in [0.4, 0.5) is 0 Å². The normalized spacial score (nSPS) is 64.4. The van der Waals surface area contributed by atoms with Crippen molar-refractivity contribution in [3.8, 4) is 0 Å². The third-order valence-electron chi connectivity index (χ3n) is 6.40. The minimum absolute atomic E-state index is 0.618. The first kappa shape index (κ1) is 6.66. The average molecular weight is 182 g/mol. The zero-order chi connectivity index (χ0) is 9.18. The molecular weight excluding hydrogens is 168 g/mol. The Morgan fingerprint density at radius 1 is 1.00 bits per heavy atom. The van der Waals surface area contributed by atoms with Crippen LogP contribution in [0.1, 0.15) is 25.3 Å². The maximum Gasteiger partial charge on any atom is 0.00606 e. The van der Waals surface area contributed by atoms with Gasteiger partial charge in [-0.2, -0.15) is 0 Å². The lowest BCUT2D eigenvalue weighted by molar-refractivity contribution is 0.171. The Morgan fingerprint density at radius 3 is 2.14 bits per heavy atom. The summed E-state index contributed by atoms with van der Waals surface area (Å²) in [5, 5.41) is 0. The van der Waals surface area contributed by atoms with E-state index in [2.05, 4.69) is 37.3 Å². The topological polar surface area (TPSA) is 0 Å². The van der Waals surface area contributed by atoms with Crippen LogP contribution in [-0.4, -0.2) is 0 Å². The summed E-state index contributed by atoms with van der Waals surface area (Å²) in [6.07, 6.45) is 3.10. The third-order valence-corrected chi connectivity index (χ3v) is 6.40. The van der Waals surface area contributed by atoms with E-state index in [0.717, 1.165) is 22.7 Å². The molecule has 1 aromatic rings. The van der Waals surface area contributed by atoms with E-state index in [4.69, 9.17) is 0 Å². The molecule has 0 radical (unpaired) electrons. The molecule has 5 saturated carbocycles. The van der Waals surface area contributed by atoms with Gasteiger partial charge in [-0.3, -0.25) is 0 Å². The van der Waals surface area contributed by atoms with Crippen LogP contribution in [-0.2, 0) is 5.41 Å². The van der Waals surface area contributed by atoms with Crippen molar-refractivity contribution < 1.29 is 0 Å². The first-order chi connectivity index (χ1) is 6.83. The van der Waals surface area contributed by atoms with Gasteiger partial charge in [0.15, 0.2) is 0 Å². The van der Waals surface area contributed by atoms with E-state index in [1.807, 2.05) is 0 Å². The van der Waals surface area contributed by atoms with Crippen LogP contribution in [0.25, 0.3) is 0 Å². The van der Waals surface area contributed by atoms with Gasteiger partial charge in [0.05, 0.1) is 0 Å². The molecule has 0 N–H and O–H groups in total. The van der Waals surface area contributed by atoms with Gasteiger partial charge in [-0.25, -0.2) is 0 Å². The van der Waals surface area contributed by atoms with Crippen LogP contribution in [0, 0.1) is 22.7 Å². The summed E-state index contributed by atoms with van der Waals surface area (Å²) in [6, 6.07) is 11.2. The second-order valence-corrected chi connectivity index (χ2v) is 5.91. The van der Waals surface area contributed by atoms with E-state index in [0.29, 0.717) is 5.41 Å². The molecule has 0 amide bonds. The lowest BCUT2D eigenvalue weighted by Gasteiger charge is -2.39. The Kier molecular flexibility index (Phi) is 0.663. The molecule has 14 heavy (non-hydrogen) atoms. The molecule has 0 saturated heterocycles. The van der Waals surface area contributed by atoms with E-state index in [9.17, 15) is 0 Å². The van der Waals surface area contributed by atoms with Crippen LogP contribution in [0.2, 0.25) is 0 Å². The maximum atomic E-state index is 2.51. The van der Waals surface area contributed by atoms with E-state index in [1.165, 1.54) is 0 Å². The number of rotatable bonds is 1. The quantitative estimate of drug-likeness (QED) is 0.626. The van der Waals surface area contributed by atoms with Crippen molar-refractivity contribution in [3.05, 3.63) is 35.9 Å². The van der Waals surface area contributed by atoms with Crippen LogP contribution >= 0.6 is 0 Å². The van der Waals surface area contributed by atoms with E-state index in [-0.39, 0.29) is 0 Å². The Labute approximate surface area is 84.3 Å². The first-order valence-corrected chi connectivity index (χ1v) is 5.88. The Hall–Kier alpha value is -0.780. The fourth-order valence-corrected chi connectivity index (χ4v) is 6.16. The molecule has 1 aromatic carbocycles. The van der Waals surface area contributed by atoms with Crippen molar-refractivity contribution in [2.24, 2.45) is 22.7 Å². The molecular formula is C14H14. The molecule has 0 heterocycles. The van der Waals surface area contributed by atoms with Crippen LogP contribution in [0.5, 0.6) is 0 Å². The van der Waals surface area contributed by atoms with Crippen molar-refractivity contribution >= 4 is 0 Å². The molecule has 2 spiro atoms. The van der Waals surface area contributed by atoms with Gasteiger partial charge in [0, 0.05) is 5.41 Å². The van der Waals surface area contributed by atoms with Gasteiger partial charge < -0.3 is 0 Å². The number of benzene rings is 1. The zero-order valence-electron chi connectivity index (χ0n) is 8.46. The van der Waals surface area contributed by atoms with Gasteiger partial charge in [-0.05, 0) is 41.1 Å². The Bertz CT molecular complexity index is 426. The van der Waals surface area contributed by atoms with Crippen LogP contribution in [0.3, 0.4) is 0 Å². The largest absolute Gasteiger partial charge is 0.0622 e. The summed E-state index contributed by atoms with van der Waals surface area (Å²) in [6.45, 7) is 2.51. The Morgan fingerprint density at radius 2 is 1.57 bits per heavy atom. The highest BCUT2D eigenvalue weighted by Gasteiger charge is 3.21. The highest BCUT2D eigenvalue weighted by Crippen LogP contribution is 3.23. The number of hydrogen-bond donors (Lipinski definition) is 0. The smallest absolute Gasteiger partial charge is 0.00606 e. The summed E-state index contributed by atoms with van der Waals surface area (Å²) in [7, 11) is 0. The highest BCUT2D eigenvalue weighted by molar-refractivity contribution is 5.74. The molecule has 2 bridgehead atoms. The minimum atomic E-state index is 0.618. The van der Waals surface area contributed by atoms with Crippen LogP contribution in [0.15, 0.2) is 30.3 Å². The summed E-state index contributed by atoms with van der Waals surface area (Å²) in [5.41, 5.74) is 3.94. The standard InChI is InChI=1S/C14H14/c1-12(9-5-3-2-4-6-9)13-10-7-8-11(13)14(10,12)13/h2-6,10-11H,7-8H2,1H3. The first-order valence-electron chi connectivity index (χ1n) is 5.88. The second-order valence-electron chi connectivity index (χ2n) is 5.91. The van der Waals surface area contributed by atoms with Gasteiger partial charge in [0.25, 0.3) is 0 Å². The van der Waals surface area contributed by atoms with Gasteiger partial charge in [-0.1, -0.05) is 37.3 Å². The molecule has 6 rings (SSSR count). The predicted octanol–water partition coefficient (Wildman–Crippen LogP) is 2.98. The molecule has 0 aliphatic heterocycles. The van der Waals surface area contributed by atoms with Gasteiger partial charge in [-0.15, -0.1) is 0 Å². The van der Waals surface area contributed by atoms with Crippen molar-refractivity contribution in [2.45, 2.75) is 25.2 Å². The number of fused-ring (bicyclic) bond motifs is 1. The molecule has 70 valence electrons. The maximum absolute atomic E-state index is 2.51. The monoisotopic (exact) mass is 182 g/mol. The Balaban J connectivity index is 1.67. The molecule has 0 unspecified atom stereocenters. The second kappa shape index (κ2) is 1.39. The fraction of sp³-hybridized carbons (Fsp3) is 0.571. The minimum Gasteiger partial charge on any atom is -0.0622 e. The van der Waals surface area contributed by atoms with Gasteiger partial charge in [0.1, 0.15) is 0 Å². The van der Waals surface area contributed by atoms with E-state index >= 15 is 0 Å². The molecule has 0 atom stereocenters. The molecule has 5 aliphatic rings. The molecule has 0 aromatic heterocycles. The van der Waals surface area contributed by atoms with E-state index in [1.54, 1.807) is 18.4 Å². The van der Waals surface area contributed by atoms with Crippen molar-refractivity contribution in [2.75, 3.05) is 0 Å². The molecule has 0 heteroatoms. The lowest BCUT2D eigenvalue weighted by Crippen LogP contribution is -2.38. The van der Waals surface area contributed by atoms with Crippen LogP contribution < -0.4 is 0 Å². The lowest BCUT2D eigenvalue weighted by atomic mass is 9.63. The predicted molar refractivity (Wildman–Crippen MR) is 54.9 cm³/mol. The summed E-state index contributed by atoms with van der Waals surface area (Å²) in [4.78, 5) is 0. The summed E-state index contributed by atoms with van der Waals surface area (Å²) < 4.78 is 0. The fourth-order valence-electron chi connectivity index (χ4n) is 6.16. The van der Waals surface area contributed by atoms with Crippen molar-refractivity contribution in [1.82, 2.24) is 0 Å².